The van der Waals surface area contributed by atoms with Crippen molar-refractivity contribution in [2.24, 2.45) is 39.9 Å². The Bertz CT molecular complexity index is 969. The highest BCUT2D eigenvalue weighted by atomic mass is 16.7. The second kappa shape index (κ2) is 8.75. The number of fused-ring (bicyclic) bond motifs is 7. The number of hydrogen-bond donors (Lipinski definition) is 4. The molecule has 4 aliphatic carbocycles. The summed E-state index contributed by atoms with van der Waals surface area (Å²) in [6.45, 7) is 19.2. The Morgan fingerprint density at radius 2 is 1.61 bits per heavy atom. The lowest BCUT2D eigenvalue weighted by molar-refractivity contribution is -0.308. The van der Waals surface area contributed by atoms with Crippen LogP contribution in [0.1, 0.15) is 107 Å². The smallest absolute Gasteiger partial charge is 0.201 e. The fraction of sp³-hybridized carbons (Fsp3) is 0.938. The van der Waals surface area contributed by atoms with Crippen molar-refractivity contribution in [1.82, 2.24) is 0 Å². The van der Waals surface area contributed by atoms with Crippen LogP contribution in [0.25, 0.3) is 0 Å². The molecule has 1 aliphatic heterocycles. The Labute approximate surface area is 230 Å². The van der Waals surface area contributed by atoms with E-state index < -0.39 is 46.4 Å². The largest absolute Gasteiger partial charge is 0.387 e. The minimum Gasteiger partial charge on any atom is -0.387 e. The van der Waals surface area contributed by atoms with Crippen molar-refractivity contribution in [1.29, 1.82) is 0 Å². The predicted octanol–water partition coefficient (Wildman–Crippen LogP) is 4.97. The number of allylic oxidation sites excluding steroid dienone is 1. The zero-order valence-electron chi connectivity index (χ0n) is 25.3. The number of aliphatic hydroxyl groups is 4. The van der Waals surface area contributed by atoms with E-state index in [0.717, 1.165) is 37.7 Å². The maximum atomic E-state index is 12.7. The third-order valence-corrected chi connectivity index (χ3v) is 12.7. The third-order valence-electron chi connectivity index (χ3n) is 12.7. The molecule has 4 unspecified atom stereocenters. The maximum absolute atomic E-state index is 12.7. The first-order valence-corrected chi connectivity index (χ1v) is 15.2. The van der Waals surface area contributed by atoms with Crippen LogP contribution in [0.5, 0.6) is 0 Å². The summed E-state index contributed by atoms with van der Waals surface area (Å²) in [5.74, 6) is -2.53. The number of aliphatic hydroxyl groups excluding tert-OH is 1. The Balaban J connectivity index is 1.50. The van der Waals surface area contributed by atoms with Crippen LogP contribution in [0.4, 0.5) is 0 Å². The van der Waals surface area contributed by atoms with E-state index in [1.807, 2.05) is 19.9 Å². The van der Waals surface area contributed by atoms with Gasteiger partial charge in [0.05, 0.1) is 29.8 Å². The first-order valence-electron chi connectivity index (χ1n) is 15.2. The summed E-state index contributed by atoms with van der Waals surface area (Å²) in [6.07, 6.45) is 6.06. The molecule has 12 atom stereocenters. The Hall–Kier alpha value is -0.500. The first-order chi connectivity index (χ1) is 17.4. The molecule has 6 heteroatoms. The van der Waals surface area contributed by atoms with Gasteiger partial charge < -0.3 is 29.9 Å². The second-order valence-corrected chi connectivity index (χ2v) is 15.6. The van der Waals surface area contributed by atoms with Gasteiger partial charge in [-0.25, -0.2) is 0 Å². The highest BCUT2D eigenvalue weighted by Gasteiger charge is 2.83. The molecule has 0 bridgehead atoms. The summed E-state index contributed by atoms with van der Waals surface area (Å²) in [4.78, 5) is 0. The van der Waals surface area contributed by atoms with E-state index >= 15 is 0 Å². The van der Waals surface area contributed by atoms with Crippen molar-refractivity contribution in [2.75, 3.05) is 0 Å². The number of hydrogen-bond acceptors (Lipinski definition) is 6. The molecular weight excluding hydrogens is 480 g/mol. The molecule has 0 amide bonds. The van der Waals surface area contributed by atoms with Crippen LogP contribution >= 0.6 is 0 Å². The van der Waals surface area contributed by atoms with Crippen molar-refractivity contribution in [3.05, 3.63) is 11.6 Å². The van der Waals surface area contributed by atoms with E-state index in [9.17, 15) is 20.4 Å². The molecule has 218 valence electrons. The molecule has 5 fully saturated rings. The van der Waals surface area contributed by atoms with Gasteiger partial charge in [-0.15, -0.1) is 0 Å². The van der Waals surface area contributed by atoms with E-state index in [4.69, 9.17) is 9.47 Å². The van der Waals surface area contributed by atoms with Gasteiger partial charge in [0, 0.05) is 11.3 Å². The summed E-state index contributed by atoms with van der Waals surface area (Å²) >= 11 is 0. The van der Waals surface area contributed by atoms with Crippen LogP contribution in [-0.2, 0) is 9.47 Å². The Morgan fingerprint density at radius 3 is 2.21 bits per heavy atom. The third kappa shape index (κ3) is 3.52. The van der Waals surface area contributed by atoms with E-state index in [0.29, 0.717) is 18.8 Å². The fourth-order valence-electron chi connectivity index (χ4n) is 11.1. The number of rotatable bonds is 4. The van der Waals surface area contributed by atoms with Gasteiger partial charge in [-0.3, -0.25) is 0 Å². The molecule has 0 spiro atoms. The highest BCUT2D eigenvalue weighted by Crippen LogP contribution is 2.75. The molecule has 4 N–H and O–H groups in total. The van der Waals surface area contributed by atoms with Gasteiger partial charge in [-0.05, 0) is 102 Å². The molecule has 0 aromatic heterocycles. The summed E-state index contributed by atoms with van der Waals surface area (Å²) in [5, 5.41) is 48.4. The van der Waals surface area contributed by atoms with Crippen molar-refractivity contribution < 1.29 is 29.9 Å². The minimum absolute atomic E-state index is 0.00595. The monoisotopic (exact) mass is 534 g/mol. The molecule has 0 radical (unpaired) electrons. The van der Waals surface area contributed by atoms with Crippen LogP contribution in [0, 0.1) is 39.9 Å². The molecule has 1 heterocycles. The van der Waals surface area contributed by atoms with Crippen molar-refractivity contribution in [2.45, 2.75) is 149 Å². The highest BCUT2D eigenvalue weighted by molar-refractivity contribution is 5.29. The minimum atomic E-state index is -1.97. The second-order valence-electron chi connectivity index (χ2n) is 15.6. The van der Waals surface area contributed by atoms with Crippen molar-refractivity contribution >= 4 is 0 Å². The molecule has 5 aliphatic rings. The molecular formula is C32H54O6. The zero-order valence-corrected chi connectivity index (χ0v) is 25.3. The van der Waals surface area contributed by atoms with E-state index in [1.165, 1.54) is 0 Å². The van der Waals surface area contributed by atoms with Gasteiger partial charge in [-0.1, -0.05) is 39.3 Å². The van der Waals surface area contributed by atoms with Crippen LogP contribution in [-0.4, -0.2) is 61.8 Å². The first kappa shape index (κ1) is 29.0. The molecule has 4 saturated carbocycles. The molecule has 6 nitrogen and oxygen atoms in total. The van der Waals surface area contributed by atoms with E-state index in [2.05, 4.69) is 41.5 Å². The van der Waals surface area contributed by atoms with Gasteiger partial charge in [0.2, 0.25) is 5.79 Å². The standard InChI is InChI=1S/C32H54O6/c1-18(2)10-13-24-30(9,34)25-20-11-12-22-28(7)16-15-23(37-19(3)4)27(5,6)21(28)14-17-29(22,8)31(20,35)26(33)32(25,36)38-24/h10,19-26,33-36H,11-17H2,1-9H3/t20-,21?,22?,23?,24-,25?,26-,28+,29-,30+,31-,32-/m1/s1. The lowest BCUT2D eigenvalue weighted by atomic mass is 9.37. The van der Waals surface area contributed by atoms with E-state index in [-0.39, 0.29) is 29.0 Å². The zero-order chi connectivity index (χ0) is 28.3. The summed E-state index contributed by atoms with van der Waals surface area (Å²) < 4.78 is 12.6. The van der Waals surface area contributed by atoms with Gasteiger partial charge >= 0.3 is 0 Å². The maximum Gasteiger partial charge on any atom is 0.201 e. The summed E-state index contributed by atoms with van der Waals surface area (Å²) in [6, 6.07) is 0. The van der Waals surface area contributed by atoms with E-state index in [1.54, 1.807) is 6.92 Å². The van der Waals surface area contributed by atoms with Crippen LogP contribution < -0.4 is 0 Å². The van der Waals surface area contributed by atoms with Gasteiger partial charge in [0.25, 0.3) is 0 Å². The number of ether oxygens (including phenoxy) is 2. The van der Waals surface area contributed by atoms with Crippen LogP contribution in [0.3, 0.4) is 0 Å². The average molecular weight is 535 g/mol. The lowest BCUT2D eigenvalue weighted by Crippen LogP contribution is -2.70. The molecule has 38 heavy (non-hydrogen) atoms. The fourth-order valence-corrected chi connectivity index (χ4v) is 11.1. The van der Waals surface area contributed by atoms with Crippen LogP contribution in [0.2, 0.25) is 0 Å². The Morgan fingerprint density at radius 1 is 0.947 bits per heavy atom. The Kier molecular flexibility index (Phi) is 6.68. The quantitative estimate of drug-likeness (QED) is 0.380. The summed E-state index contributed by atoms with van der Waals surface area (Å²) in [5.41, 5.74) is -2.40. The average Bonchev–Trinajstić information content (AvgIpc) is 3.11. The molecule has 0 aromatic carbocycles. The predicted molar refractivity (Wildman–Crippen MR) is 147 cm³/mol. The molecule has 1 saturated heterocycles. The SMILES string of the molecule is CC(C)=CC[C@H]1O[C@]2(O)C([C@H]3CCC4[C@@]5(C)CCC(OC(C)C)C(C)(C)C5CC[C@@]4(C)[C@]3(O)[C@H]2O)[C@@]1(C)O. The molecule has 5 rings (SSSR count). The molecule has 0 aromatic rings. The van der Waals surface area contributed by atoms with Crippen LogP contribution in [0.15, 0.2) is 11.6 Å². The van der Waals surface area contributed by atoms with Crippen molar-refractivity contribution in [3.63, 3.8) is 0 Å². The normalized spacial score (nSPS) is 55.2. The van der Waals surface area contributed by atoms with Gasteiger partial charge in [0.15, 0.2) is 0 Å². The summed E-state index contributed by atoms with van der Waals surface area (Å²) in [7, 11) is 0. The lowest BCUT2D eigenvalue weighted by Gasteiger charge is -2.69. The topological polar surface area (TPSA) is 99.4 Å². The van der Waals surface area contributed by atoms with Gasteiger partial charge in [-0.2, -0.15) is 0 Å². The van der Waals surface area contributed by atoms with Gasteiger partial charge in [0.1, 0.15) is 11.7 Å². The van der Waals surface area contributed by atoms with Crippen molar-refractivity contribution in [3.8, 4) is 0 Å².